The van der Waals surface area contributed by atoms with Crippen molar-refractivity contribution in [2.45, 2.75) is 56.0 Å². The molecular formula is C25H29N3O4S2. The highest BCUT2D eigenvalue weighted by molar-refractivity contribution is 8.00. The standard InChI is InChI=1S/C25H29N3O4S2/c1-4-16(2)18-9-11-20(12-10-18)28-24(30)21-7-5-6-8-22(21)27-25(28)33-17(3)23(29)26-19-13-14-34(31,32)15-19/h5-12,16-17,19H,4,13-15H2,1-3H3,(H,26,29). The Hall–Kier alpha value is -2.65. The highest BCUT2D eigenvalue weighted by Crippen LogP contribution is 2.27. The lowest BCUT2D eigenvalue weighted by molar-refractivity contribution is -0.120. The van der Waals surface area contributed by atoms with Gasteiger partial charge in [-0.25, -0.2) is 13.4 Å². The number of nitrogens with one attached hydrogen (secondary N) is 1. The molecule has 1 N–H and O–H groups in total. The molecule has 7 nitrogen and oxygen atoms in total. The molecule has 1 fully saturated rings. The molecule has 2 heterocycles. The summed E-state index contributed by atoms with van der Waals surface area (Å²) in [5.41, 5.74) is 2.25. The second-order valence-electron chi connectivity index (χ2n) is 8.82. The van der Waals surface area contributed by atoms with E-state index in [0.29, 0.717) is 34.1 Å². The number of hydrogen-bond acceptors (Lipinski definition) is 6. The van der Waals surface area contributed by atoms with Gasteiger partial charge in [0.05, 0.1) is 33.3 Å². The molecule has 2 aromatic carbocycles. The normalized spacial score (nSPS) is 19.1. The van der Waals surface area contributed by atoms with Gasteiger partial charge in [-0.2, -0.15) is 0 Å². The zero-order chi connectivity index (χ0) is 24.5. The fourth-order valence-corrected chi connectivity index (χ4v) is 6.66. The van der Waals surface area contributed by atoms with Crippen LogP contribution < -0.4 is 10.9 Å². The molecule has 0 radical (unpaired) electrons. The number of carbonyl (C=O) groups is 1. The van der Waals surface area contributed by atoms with E-state index in [1.165, 1.54) is 17.3 Å². The van der Waals surface area contributed by atoms with Gasteiger partial charge in [0.1, 0.15) is 0 Å². The summed E-state index contributed by atoms with van der Waals surface area (Å²) in [5.74, 6) is 0.209. The number of sulfone groups is 1. The third-order valence-corrected chi connectivity index (χ3v) is 9.13. The summed E-state index contributed by atoms with van der Waals surface area (Å²) >= 11 is 1.19. The second-order valence-corrected chi connectivity index (χ2v) is 12.4. The van der Waals surface area contributed by atoms with E-state index in [9.17, 15) is 18.0 Å². The van der Waals surface area contributed by atoms with E-state index in [2.05, 4.69) is 19.2 Å². The van der Waals surface area contributed by atoms with Crippen molar-refractivity contribution in [2.75, 3.05) is 11.5 Å². The SMILES string of the molecule is CCC(C)c1ccc(-n2c(SC(C)C(=O)NC3CCS(=O)(=O)C3)nc3ccccc3c2=O)cc1. The van der Waals surface area contributed by atoms with Gasteiger partial charge in [0.25, 0.3) is 5.56 Å². The molecule has 0 saturated carbocycles. The van der Waals surface area contributed by atoms with Crippen LogP contribution >= 0.6 is 11.8 Å². The summed E-state index contributed by atoms with van der Waals surface area (Å²) in [6, 6.07) is 14.7. The Morgan fingerprint density at radius 1 is 1.18 bits per heavy atom. The Labute approximate surface area is 203 Å². The van der Waals surface area contributed by atoms with Crippen molar-refractivity contribution >= 4 is 38.4 Å². The molecule has 9 heteroatoms. The number of rotatable bonds is 7. The van der Waals surface area contributed by atoms with Crippen LogP contribution in [0.5, 0.6) is 0 Å². The van der Waals surface area contributed by atoms with E-state index in [1.807, 2.05) is 30.3 Å². The Bertz CT molecular complexity index is 1370. The zero-order valence-electron chi connectivity index (χ0n) is 19.5. The van der Waals surface area contributed by atoms with E-state index >= 15 is 0 Å². The summed E-state index contributed by atoms with van der Waals surface area (Å²) in [7, 11) is -3.09. The van der Waals surface area contributed by atoms with Crippen molar-refractivity contribution in [1.82, 2.24) is 14.9 Å². The Balaban J connectivity index is 1.67. The van der Waals surface area contributed by atoms with Gasteiger partial charge in [0.2, 0.25) is 5.91 Å². The van der Waals surface area contributed by atoms with E-state index in [1.54, 1.807) is 29.7 Å². The van der Waals surface area contributed by atoms with E-state index in [-0.39, 0.29) is 29.0 Å². The van der Waals surface area contributed by atoms with Gasteiger partial charge < -0.3 is 5.32 Å². The zero-order valence-corrected chi connectivity index (χ0v) is 21.2. The van der Waals surface area contributed by atoms with Crippen molar-refractivity contribution in [1.29, 1.82) is 0 Å². The third kappa shape index (κ3) is 5.20. The molecule has 1 amide bonds. The van der Waals surface area contributed by atoms with Crippen LogP contribution in [0.15, 0.2) is 58.5 Å². The highest BCUT2D eigenvalue weighted by atomic mass is 32.2. The van der Waals surface area contributed by atoms with Crippen LogP contribution in [0.2, 0.25) is 0 Å². The molecule has 1 aliphatic heterocycles. The average Bonchev–Trinajstić information content (AvgIpc) is 3.16. The first kappa shape index (κ1) is 24.5. The number of thioether (sulfide) groups is 1. The Morgan fingerprint density at radius 2 is 1.88 bits per heavy atom. The second kappa shape index (κ2) is 9.92. The monoisotopic (exact) mass is 499 g/mol. The largest absolute Gasteiger partial charge is 0.351 e. The van der Waals surface area contributed by atoms with Crippen LogP contribution in [0.25, 0.3) is 16.6 Å². The Kier molecular flexibility index (Phi) is 7.14. The van der Waals surface area contributed by atoms with Crippen LogP contribution in [0.1, 0.15) is 45.1 Å². The molecular weight excluding hydrogens is 470 g/mol. The van der Waals surface area contributed by atoms with E-state index in [4.69, 9.17) is 4.98 Å². The van der Waals surface area contributed by atoms with Crippen LogP contribution in [-0.2, 0) is 14.6 Å². The fraction of sp³-hybridized carbons (Fsp3) is 0.400. The van der Waals surface area contributed by atoms with Gasteiger partial charge >= 0.3 is 0 Å². The van der Waals surface area contributed by atoms with Crippen molar-refractivity contribution in [2.24, 2.45) is 0 Å². The molecule has 1 saturated heterocycles. The average molecular weight is 500 g/mol. The summed E-state index contributed by atoms with van der Waals surface area (Å²) < 4.78 is 25.0. The molecule has 180 valence electrons. The first-order chi connectivity index (χ1) is 16.2. The molecule has 4 rings (SSSR count). The maximum atomic E-state index is 13.5. The maximum absolute atomic E-state index is 13.5. The summed E-state index contributed by atoms with van der Waals surface area (Å²) in [5, 5.41) is 3.19. The quantitative estimate of drug-likeness (QED) is 0.393. The molecule has 3 aromatic rings. The lowest BCUT2D eigenvalue weighted by atomic mass is 9.98. The lowest BCUT2D eigenvalue weighted by Gasteiger charge is -2.18. The molecule has 0 spiro atoms. The minimum Gasteiger partial charge on any atom is -0.351 e. The topological polar surface area (TPSA) is 98.1 Å². The van der Waals surface area contributed by atoms with Gasteiger partial charge in [-0.1, -0.05) is 49.9 Å². The minimum atomic E-state index is -3.09. The first-order valence-electron chi connectivity index (χ1n) is 11.5. The van der Waals surface area contributed by atoms with Crippen molar-refractivity contribution in [3.05, 3.63) is 64.4 Å². The maximum Gasteiger partial charge on any atom is 0.266 e. The van der Waals surface area contributed by atoms with E-state index in [0.717, 1.165) is 6.42 Å². The Morgan fingerprint density at radius 3 is 2.53 bits per heavy atom. The number of carbonyl (C=O) groups excluding carboxylic acids is 1. The predicted octanol–water partition coefficient (Wildman–Crippen LogP) is 3.68. The molecule has 34 heavy (non-hydrogen) atoms. The molecule has 1 aliphatic rings. The molecule has 3 unspecified atom stereocenters. The first-order valence-corrected chi connectivity index (χ1v) is 14.2. The van der Waals surface area contributed by atoms with E-state index < -0.39 is 15.1 Å². The number of para-hydroxylation sites is 1. The molecule has 0 aliphatic carbocycles. The number of hydrogen-bond donors (Lipinski definition) is 1. The van der Waals surface area contributed by atoms with Crippen molar-refractivity contribution < 1.29 is 13.2 Å². The summed E-state index contributed by atoms with van der Waals surface area (Å²) in [6.45, 7) is 6.04. The highest BCUT2D eigenvalue weighted by Gasteiger charge is 2.30. The number of aromatic nitrogens is 2. The smallest absolute Gasteiger partial charge is 0.266 e. The van der Waals surface area contributed by atoms with Crippen LogP contribution in [-0.4, -0.2) is 46.7 Å². The number of amides is 1. The molecule has 0 bridgehead atoms. The predicted molar refractivity (Wildman–Crippen MR) is 137 cm³/mol. The van der Waals surface area contributed by atoms with Crippen molar-refractivity contribution in [3.8, 4) is 5.69 Å². The van der Waals surface area contributed by atoms with Gasteiger partial charge in [0, 0.05) is 6.04 Å². The summed E-state index contributed by atoms with van der Waals surface area (Å²) in [4.78, 5) is 31.0. The van der Waals surface area contributed by atoms with Crippen LogP contribution in [0.3, 0.4) is 0 Å². The molecule has 1 aromatic heterocycles. The van der Waals surface area contributed by atoms with Crippen molar-refractivity contribution in [3.63, 3.8) is 0 Å². The van der Waals surface area contributed by atoms with Gasteiger partial charge in [-0.15, -0.1) is 0 Å². The number of benzene rings is 2. The van der Waals surface area contributed by atoms with Gasteiger partial charge in [0.15, 0.2) is 15.0 Å². The number of fused-ring (bicyclic) bond motifs is 1. The third-order valence-electron chi connectivity index (χ3n) is 6.31. The lowest BCUT2D eigenvalue weighted by Crippen LogP contribution is -2.40. The van der Waals surface area contributed by atoms with Gasteiger partial charge in [-0.3, -0.25) is 14.2 Å². The van der Waals surface area contributed by atoms with Gasteiger partial charge in [-0.05, 0) is 55.5 Å². The number of nitrogens with zero attached hydrogens (tertiary/aromatic N) is 2. The van der Waals surface area contributed by atoms with Crippen LogP contribution in [0, 0.1) is 0 Å². The molecule has 3 atom stereocenters. The fourth-order valence-electron chi connectivity index (χ4n) is 4.05. The minimum absolute atomic E-state index is 0.0302. The summed E-state index contributed by atoms with van der Waals surface area (Å²) in [6.07, 6.45) is 1.44. The van der Waals surface area contributed by atoms with Crippen LogP contribution in [0.4, 0.5) is 0 Å².